The Hall–Kier alpha value is -2.30. The molecular formula is C21H26O4. The number of methoxy groups -OCH3 is 1. The smallest absolute Gasteiger partial charge is 0.183 e. The minimum atomic E-state index is -0.300. The van der Waals surface area contributed by atoms with Crippen LogP contribution in [0.1, 0.15) is 31.3 Å². The molecular weight excluding hydrogens is 316 g/mol. The van der Waals surface area contributed by atoms with Crippen LogP contribution in [-0.2, 0) is 9.47 Å². The van der Waals surface area contributed by atoms with Gasteiger partial charge in [0.15, 0.2) is 6.29 Å². The Labute approximate surface area is 150 Å². The summed E-state index contributed by atoms with van der Waals surface area (Å²) in [5.74, 6) is 1.64. The molecule has 2 rings (SSSR count). The Bertz CT molecular complexity index is 626. The Morgan fingerprint density at radius 2 is 1.44 bits per heavy atom. The molecule has 0 saturated carbocycles. The maximum absolute atomic E-state index is 5.67. The molecule has 2 aromatic rings. The first-order chi connectivity index (χ1) is 12.3. The van der Waals surface area contributed by atoms with Crippen molar-refractivity contribution in [2.75, 3.05) is 26.9 Å². The molecule has 0 amide bonds. The molecule has 0 aliphatic carbocycles. The lowest BCUT2D eigenvalue weighted by molar-refractivity contribution is -0.140. The molecule has 0 unspecified atom stereocenters. The predicted octanol–water partition coefficient (Wildman–Crippen LogP) is 4.86. The highest BCUT2D eigenvalue weighted by Crippen LogP contribution is 2.20. The summed E-state index contributed by atoms with van der Waals surface area (Å²) in [5.41, 5.74) is 2.13. The van der Waals surface area contributed by atoms with Crippen LogP contribution in [0.15, 0.2) is 54.6 Å². The molecule has 0 spiro atoms. The lowest BCUT2D eigenvalue weighted by Crippen LogP contribution is -2.08. The van der Waals surface area contributed by atoms with E-state index in [9.17, 15) is 0 Å². The van der Waals surface area contributed by atoms with Gasteiger partial charge in [-0.2, -0.15) is 0 Å². The fourth-order valence-corrected chi connectivity index (χ4v) is 2.31. The third-order valence-electron chi connectivity index (χ3n) is 3.56. The van der Waals surface area contributed by atoms with E-state index < -0.39 is 0 Å². The van der Waals surface area contributed by atoms with Gasteiger partial charge in [-0.1, -0.05) is 30.3 Å². The van der Waals surface area contributed by atoms with Gasteiger partial charge < -0.3 is 18.9 Å². The van der Waals surface area contributed by atoms with Gasteiger partial charge in [-0.3, -0.25) is 0 Å². The molecule has 0 aromatic heterocycles. The second-order valence-electron chi connectivity index (χ2n) is 5.30. The van der Waals surface area contributed by atoms with E-state index in [0.29, 0.717) is 19.8 Å². The van der Waals surface area contributed by atoms with Crippen molar-refractivity contribution in [2.45, 2.75) is 20.1 Å². The quantitative estimate of drug-likeness (QED) is 0.578. The van der Waals surface area contributed by atoms with Crippen LogP contribution in [0.5, 0.6) is 11.5 Å². The van der Waals surface area contributed by atoms with Gasteiger partial charge in [0.1, 0.15) is 18.1 Å². The van der Waals surface area contributed by atoms with Crippen molar-refractivity contribution < 1.29 is 18.9 Å². The molecule has 0 bridgehead atoms. The maximum atomic E-state index is 5.67. The minimum Gasteiger partial charge on any atom is -0.497 e. The third kappa shape index (κ3) is 6.25. The molecule has 0 saturated heterocycles. The summed E-state index contributed by atoms with van der Waals surface area (Å²) in [6.07, 6.45) is 3.72. The zero-order valence-corrected chi connectivity index (χ0v) is 15.1. The van der Waals surface area contributed by atoms with Crippen molar-refractivity contribution in [1.82, 2.24) is 0 Å². The molecule has 134 valence electrons. The summed E-state index contributed by atoms with van der Waals surface area (Å²) >= 11 is 0. The van der Waals surface area contributed by atoms with Crippen LogP contribution in [0.2, 0.25) is 0 Å². The van der Waals surface area contributed by atoms with Gasteiger partial charge in [0.25, 0.3) is 0 Å². The van der Waals surface area contributed by atoms with E-state index in [1.807, 2.05) is 74.5 Å². The van der Waals surface area contributed by atoms with Crippen molar-refractivity contribution >= 4 is 6.08 Å². The summed E-state index contributed by atoms with van der Waals surface area (Å²) in [7, 11) is 1.65. The number of rotatable bonds is 10. The summed E-state index contributed by atoms with van der Waals surface area (Å²) in [4.78, 5) is 0. The zero-order chi connectivity index (χ0) is 17.9. The maximum Gasteiger partial charge on any atom is 0.183 e. The average Bonchev–Trinajstić information content (AvgIpc) is 2.66. The first kappa shape index (κ1) is 19.0. The molecule has 25 heavy (non-hydrogen) atoms. The van der Waals surface area contributed by atoms with Crippen LogP contribution in [0.25, 0.3) is 6.08 Å². The van der Waals surface area contributed by atoms with Gasteiger partial charge in [0, 0.05) is 18.8 Å². The largest absolute Gasteiger partial charge is 0.497 e. The van der Waals surface area contributed by atoms with Gasteiger partial charge in [-0.05, 0) is 49.8 Å². The molecule has 0 heterocycles. The Balaban J connectivity index is 1.86. The van der Waals surface area contributed by atoms with E-state index in [1.54, 1.807) is 7.11 Å². The molecule has 0 radical (unpaired) electrons. The van der Waals surface area contributed by atoms with Crippen LogP contribution < -0.4 is 9.47 Å². The van der Waals surface area contributed by atoms with Crippen LogP contribution in [0, 0.1) is 0 Å². The SMILES string of the molecule is CCOC(OCC)c1ccc(/C=C/COc2ccc(OC)cc2)cc1. The fraction of sp³-hybridized carbons (Fsp3) is 0.333. The minimum absolute atomic E-state index is 0.300. The first-order valence-electron chi connectivity index (χ1n) is 8.53. The molecule has 0 N–H and O–H groups in total. The van der Waals surface area contributed by atoms with Gasteiger partial charge in [0.2, 0.25) is 0 Å². The highest BCUT2D eigenvalue weighted by Gasteiger charge is 2.10. The lowest BCUT2D eigenvalue weighted by atomic mass is 10.1. The topological polar surface area (TPSA) is 36.9 Å². The molecule has 0 fully saturated rings. The van der Waals surface area contributed by atoms with E-state index in [2.05, 4.69) is 0 Å². The average molecular weight is 342 g/mol. The van der Waals surface area contributed by atoms with Crippen molar-refractivity contribution in [2.24, 2.45) is 0 Å². The summed E-state index contributed by atoms with van der Waals surface area (Å²) < 4.78 is 22.0. The van der Waals surface area contributed by atoms with E-state index in [4.69, 9.17) is 18.9 Å². The molecule has 0 atom stereocenters. The van der Waals surface area contributed by atoms with Gasteiger partial charge in [-0.15, -0.1) is 0 Å². The van der Waals surface area contributed by atoms with Crippen LogP contribution >= 0.6 is 0 Å². The predicted molar refractivity (Wildman–Crippen MR) is 100.0 cm³/mol. The summed E-state index contributed by atoms with van der Waals surface area (Å²) in [6, 6.07) is 15.7. The second-order valence-corrected chi connectivity index (χ2v) is 5.30. The second kappa shape index (κ2) is 10.5. The summed E-state index contributed by atoms with van der Waals surface area (Å²) in [5, 5.41) is 0. The van der Waals surface area contributed by atoms with E-state index in [0.717, 1.165) is 22.6 Å². The van der Waals surface area contributed by atoms with E-state index >= 15 is 0 Å². The van der Waals surface area contributed by atoms with E-state index in [-0.39, 0.29) is 6.29 Å². The van der Waals surface area contributed by atoms with Crippen molar-refractivity contribution in [1.29, 1.82) is 0 Å². The van der Waals surface area contributed by atoms with Crippen molar-refractivity contribution in [3.63, 3.8) is 0 Å². The number of hydrogen-bond donors (Lipinski definition) is 0. The van der Waals surface area contributed by atoms with Gasteiger partial charge in [0.05, 0.1) is 7.11 Å². The van der Waals surface area contributed by atoms with Crippen LogP contribution in [-0.4, -0.2) is 26.9 Å². The monoisotopic (exact) mass is 342 g/mol. The Morgan fingerprint density at radius 3 is 2.00 bits per heavy atom. The van der Waals surface area contributed by atoms with Gasteiger partial charge in [-0.25, -0.2) is 0 Å². The highest BCUT2D eigenvalue weighted by molar-refractivity contribution is 5.50. The van der Waals surface area contributed by atoms with Crippen molar-refractivity contribution in [3.8, 4) is 11.5 Å². The third-order valence-corrected chi connectivity index (χ3v) is 3.56. The first-order valence-corrected chi connectivity index (χ1v) is 8.53. The van der Waals surface area contributed by atoms with Crippen LogP contribution in [0.4, 0.5) is 0 Å². The summed E-state index contributed by atoms with van der Waals surface area (Å²) in [6.45, 7) is 5.68. The van der Waals surface area contributed by atoms with Crippen LogP contribution in [0.3, 0.4) is 0 Å². The fourth-order valence-electron chi connectivity index (χ4n) is 2.31. The molecule has 4 heteroatoms. The number of hydrogen-bond acceptors (Lipinski definition) is 4. The number of benzene rings is 2. The molecule has 0 aliphatic heterocycles. The molecule has 0 aliphatic rings. The Morgan fingerprint density at radius 1 is 0.840 bits per heavy atom. The number of ether oxygens (including phenoxy) is 4. The van der Waals surface area contributed by atoms with E-state index in [1.165, 1.54) is 0 Å². The Kier molecular flexibility index (Phi) is 8.02. The van der Waals surface area contributed by atoms with Gasteiger partial charge >= 0.3 is 0 Å². The molecule has 2 aromatic carbocycles. The van der Waals surface area contributed by atoms with Crippen molar-refractivity contribution in [3.05, 3.63) is 65.7 Å². The normalized spacial score (nSPS) is 11.2. The standard InChI is InChI=1S/C21H26O4/c1-4-23-21(24-5-2)18-10-8-17(9-11-18)7-6-16-25-20-14-12-19(22-3)13-15-20/h6-15,21H,4-5,16H2,1-3H3/b7-6+. The highest BCUT2D eigenvalue weighted by atomic mass is 16.7. The zero-order valence-electron chi connectivity index (χ0n) is 15.1. The lowest BCUT2D eigenvalue weighted by Gasteiger charge is -2.17. The molecule has 4 nitrogen and oxygen atoms in total.